The first-order valence-corrected chi connectivity index (χ1v) is 6.39. The summed E-state index contributed by atoms with van der Waals surface area (Å²) in [6, 6.07) is 9.55. The number of rotatable bonds is 4. The maximum atomic E-state index is 11.9. The number of furan rings is 1. The van der Waals surface area contributed by atoms with E-state index in [1.165, 1.54) is 19.9 Å². The second-order valence-electron chi connectivity index (χ2n) is 4.64. The molecule has 0 aliphatic heterocycles. The molecule has 1 heterocycles. The van der Waals surface area contributed by atoms with Gasteiger partial charge in [0, 0.05) is 5.56 Å². The van der Waals surface area contributed by atoms with E-state index in [-0.39, 0.29) is 11.6 Å². The van der Waals surface area contributed by atoms with Crippen LogP contribution in [0, 0.1) is 6.92 Å². The SMILES string of the molecule is CC(=O)/C=C/c1oc(C)c(C(C)=O)c1-c1ccccc1. The lowest BCUT2D eigenvalue weighted by Crippen LogP contribution is -1.95. The molecule has 2 rings (SSSR count). The van der Waals surface area contributed by atoms with Gasteiger partial charge in [0.25, 0.3) is 0 Å². The Bertz CT molecular complexity index is 676. The first kappa shape index (κ1) is 14.0. The van der Waals surface area contributed by atoms with Gasteiger partial charge in [-0.15, -0.1) is 0 Å². The fourth-order valence-electron chi connectivity index (χ4n) is 2.19. The van der Waals surface area contributed by atoms with Crippen LogP contribution in [0.3, 0.4) is 0 Å². The minimum Gasteiger partial charge on any atom is -0.461 e. The smallest absolute Gasteiger partial charge is 0.163 e. The molecule has 2 aromatic rings. The Labute approximate surface area is 117 Å². The zero-order valence-electron chi connectivity index (χ0n) is 11.8. The topological polar surface area (TPSA) is 47.3 Å². The van der Waals surface area contributed by atoms with Crippen LogP contribution in [0.15, 0.2) is 40.8 Å². The summed E-state index contributed by atoms with van der Waals surface area (Å²) in [6.07, 6.45) is 3.05. The number of carbonyl (C=O) groups excluding carboxylic acids is 2. The third-order valence-electron chi connectivity index (χ3n) is 3.00. The molecule has 0 atom stereocenters. The molecule has 0 saturated carbocycles. The normalized spacial score (nSPS) is 10.9. The highest BCUT2D eigenvalue weighted by Gasteiger charge is 2.20. The number of hydrogen-bond donors (Lipinski definition) is 0. The molecule has 20 heavy (non-hydrogen) atoms. The summed E-state index contributed by atoms with van der Waals surface area (Å²) in [4.78, 5) is 23.0. The predicted molar refractivity (Wildman–Crippen MR) is 78.6 cm³/mol. The van der Waals surface area contributed by atoms with Crippen molar-refractivity contribution in [1.82, 2.24) is 0 Å². The van der Waals surface area contributed by atoms with Gasteiger partial charge in [-0.1, -0.05) is 30.3 Å². The van der Waals surface area contributed by atoms with Crippen LogP contribution in [-0.4, -0.2) is 11.6 Å². The number of aryl methyl sites for hydroxylation is 1. The third kappa shape index (κ3) is 2.77. The van der Waals surface area contributed by atoms with Crippen LogP contribution in [0.5, 0.6) is 0 Å². The summed E-state index contributed by atoms with van der Waals surface area (Å²) < 4.78 is 5.65. The Kier molecular flexibility index (Phi) is 3.99. The molecule has 0 bridgehead atoms. The molecular formula is C17H16O3. The van der Waals surface area contributed by atoms with Gasteiger partial charge < -0.3 is 4.42 Å². The summed E-state index contributed by atoms with van der Waals surface area (Å²) in [7, 11) is 0. The van der Waals surface area contributed by atoms with Crippen LogP contribution < -0.4 is 0 Å². The summed E-state index contributed by atoms with van der Waals surface area (Å²) in [5.41, 5.74) is 2.21. The van der Waals surface area contributed by atoms with Gasteiger partial charge in [-0.05, 0) is 38.5 Å². The molecule has 0 aliphatic rings. The van der Waals surface area contributed by atoms with E-state index in [9.17, 15) is 9.59 Å². The fraction of sp³-hybridized carbons (Fsp3) is 0.176. The quantitative estimate of drug-likeness (QED) is 0.620. The molecule has 0 N–H and O–H groups in total. The minimum atomic E-state index is -0.0672. The molecule has 0 unspecified atom stereocenters. The first-order valence-electron chi connectivity index (χ1n) is 6.39. The number of hydrogen-bond acceptors (Lipinski definition) is 3. The Morgan fingerprint density at radius 3 is 2.30 bits per heavy atom. The number of carbonyl (C=O) groups is 2. The Balaban J connectivity index is 2.67. The van der Waals surface area contributed by atoms with Crippen LogP contribution in [-0.2, 0) is 4.79 Å². The monoisotopic (exact) mass is 268 g/mol. The first-order chi connectivity index (χ1) is 9.50. The van der Waals surface area contributed by atoms with Gasteiger partial charge in [-0.2, -0.15) is 0 Å². The van der Waals surface area contributed by atoms with Gasteiger partial charge in [-0.3, -0.25) is 9.59 Å². The van der Waals surface area contributed by atoms with E-state index in [0.717, 1.165) is 11.1 Å². The predicted octanol–water partition coefficient (Wildman–Crippen LogP) is 4.06. The molecule has 0 spiro atoms. The van der Waals surface area contributed by atoms with Crippen molar-refractivity contribution >= 4 is 17.6 Å². The van der Waals surface area contributed by atoms with E-state index < -0.39 is 0 Å². The van der Waals surface area contributed by atoms with Crippen molar-refractivity contribution in [2.24, 2.45) is 0 Å². The van der Waals surface area contributed by atoms with Gasteiger partial charge in [0.05, 0.1) is 5.56 Å². The van der Waals surface area contributed by atoms with E-state index in [4.69, 9.17) is 4.42 Å². The molecule has 0 aliphatic carbocycles. The van der Waals surface area contributed by atoms with Crippen molar-refractivity contribution in [1.29, 1.82) is 0 Å². The third-order valence-corrected chi connectivity index (χ3v) is 3.00. The van der Waals surface area contributed by atoms with E-state index in [2.05, 4.69) is 0 Å². The Hall–Kier alpha value is -2.42. The molecule has 0 saturated heterocycles. The molecule has 0 fully saturated rings. The standard InChI is InChI=1S/C17H16O3/c1-11(18)9-10-15-17(14-7-5-4-6-8-14)16(12(2)19)13(3)20-15/h4-10H,1-3H3/b10-9+. The average Bonchev–Trinajstić information content (AvgIpc) is 2.74. The minimum absolute atomic E-state index is 0.0485. The maximum Gasteiger partial charge on any atom is 0.163 e. The molecular weight excluding hydrogens is 252 g/mol. The lowest BCUT2D eigenvalue weighted by molar-refractivity contribution is -0.112. The summed E-state index contributed by atoms with van der Waals surface area (Å²) in [5, 5.41) is 0. The van der Waals surface area contributed by atoms with Gasteiger partial charge in [0.1, 0.15) is 11.5 Å². The van der Waals surface area contributed by atoms with Gasteiger partial charge >= 0.3 is 0 Å². The number of Topliss-reactive ketones (excluding diaryl/α,β-unsaturated/α-hetero) is 1. The molecule has 3 nitrogen and oxygen atoms in total. The number of ketones is 2. The van der Waals surface area contributed by atoms with Gasteiger partial charge in [0.2, 0.25) is 0 Å². The molecule has 0 amide bonds. The molecule has 1 aromatic heterocycles. The largest absolute Gasteiger partial charge is 0.461 e. The van der Waals surface area contributed by atoms with E-state index in [0.29, 0.717) is 17.1 Å². The van der Waals surface area contributed by atoms with Crippen molar-refractivity contribution in [3.63, 3.8) is 0 Å². The highest BCUT2D eigenvalue weighted by molar-refractivity contribution is 6.04. The molecule has 102 valence electrons. The van der Waals surface area contributed by atoms with Crippen molar-refractivity contribution in [2.75, 3.05) is 0 Å². The van der Waals surface area contributed by atoms with Gasteiger partial charge in [0.15, 0.2) is 11.6 Å². The van der Waals surface area contributed by atoms with Crippen molar-refractivity contribution < 1.29 is 14.0 Å². The second kappa shape index (κ2) is 5.70. The Morgan fingerprint density at radius 1 is 1.10 bits per heavy atom. The fourth-order valence-corrected chi connectivity index (χ4v) is 2.19. The van der Waals surface area contributed by atoms with Crippen LogP contribution in [0.4, 0.5) is 0 Å². The highest BCUT2D eigenvalue weighted by Crippen LogP contribution is 2.33. The van der Waals surface area contributed by atoms with Crippen LogP contribution in [0.2, 0.25) is 0 Å². The van der Waals surface area contributed by atoms with Crippen molar-refractivity contribution in [3.8, 4) is 11.1 Å². The van der Waals surface area contributed by atoms with Crippen molar-refractivity contribution in [3.05, 3.63) is 53.5 Å². The zero-order valence-corrected chi connectivity index (χ0v) is 11.8. The van der Waals surface area contributed by atoms with E-state index >= 15 is 0 Å². The summed E-state index contributed by atoms with van der Waals surface area (Å²) in [5.74, 6) is 0.990. The highest BCUT2D eigenvalue weighted by atomic mass is 16.3. The van der Waals surface area contributed by atoms with Crippen LogP contribution in [0.1, 0.15) is 35.7 Å². The van der Waals surface area contributed by atoms with E-state index in [1.54, 1.807) is 13.0 Å². The lowest BCUT2D eigenvalue weighted by atomic mass is 9.98. The Morgan fingerprint density at radius 2 is 1.75 bits per heavy atom. The lowest BCUT2D eigenvalue weighted by Gasteiger charge is -2.02. The van der Waals surface area contributed by atoms with Crippen molar-refractivity contribution in [2.45, 2.75) is 20.8 Å². The molecule has 0 radical (unpaired) electrons. The summed E-state index contributed by atoms with van der Waals surface area (Å²) in [6.45, 7) is 4.75. The average molecular weight is 268 g/mol. The van der Waals surface area contributed by atoms with E-state index in [1.807, 2.05) is 30.3 Å². The number of benzene rings is 1. The molecule has 3 heteroatoms. The second-order valence-corrected chi connectivity index (χ2v) is 4.64. The maximum absolute atomic E-state index is 11.9. The van der Waals surface area contributed by atoms with Crippen LogP contribution >= 0.6 is 0 Å². The molecule has 1 aromatic carbocycles. The van der Waals surface area contributed by atoms with Gasteiger partial charge in [-0.25, -0.2) is 0 Å². The van der Waals surface area contributed by atoms with Crippen LogP contribution in [0.25, 0.3) is 17.2 Å². The summed E-state index contributed by atoms with van der Waals surface area (Å²) >= 11 is 0. The number of allylic oxidation sites excluding steroid dienone is 1. The zero-order chi connectivity index (χ0) is 14.7.